The molecule has 4 rings (SSSR count). The predicted octanol–water partition coefficient (Wildman–Crippen LogP) is 5.05. The van der Waals surface area contributed by atoms with Crippen molar-refractivity contribution in [3.05, 3.63) is 84.2 Å². The summed E-state index contributed by atoms with van der Waals surface area (Å²) in [7, 11) is 1.63. The van der Waals surface area contributed by atoms with Gasteiger partial charge in [-0.15, -0.1) is 5.10 Å². The summed E-state index contributed by atoms with van der Waals surface area (Å²) in [4.78, 5) is 16.3. The maximum atomic E-state index is 14.6. The van der Waals surface area contributed by atoms with Gasteiger partial charge in [0.2, 0.25) is 5.91 Å². The molecule has 0 aliphatic rings. The lowest BCUT2D eigenvalue weighted by molar-refractivity contribution is -0.115. The molecule has 4 aromatic rings. The molecule has 7 nitrogen and oxygen atoms in total. The van der Waals surface area contributed by atoms with Gasteiger partial charge in [-0.2, -0.15) is 4.98 Å². The normalized spacial score (nSPS) is 10.7. The SMILES string of the molecule is CCC(=O)Nc1cccc(-n2nc(OCCc3ccc(OC)cc3)nc2-c2ccccc2F)c1. The summed E-state index contributed by atoms with van der Waals surface area (Å²) in [6.07, 6.45) is 1.01. The molecule has 1 aromatic heterocycles. The minimum absolute atomic E-state index is 0.104. The largest absolute Gasteiger partial charge is 0.497 e. The highest BCUT2D eigenvalue weighted by molar-refractivity contribution is 5.90. The summed E-state index contributed by atoms with van der Waals surface area (Å²) in [6.45, 7) is 2.13. The molecule has 174 valence electrons. The van der Waals surface area contributed by atoms with E-state index in [-0.39, 0.29) is 11.9 Å². The fourth-order valence-corrected chi connectivity index (χ4v) is 3.37. The molecule has 0 aliphatic heterocycles. The van der Waals surface area contributed by atoms with Gasteiger partial charge in [0, 0.05) is 18.5 Å². The summed E-state index contributed by atoms with van der Waals surface area (Å²) in [6, 6.07) is 21.4. The molecule has 0 saturated carbocycles. The summed E-state index contributed by atoms with van der Waals surface area (Å²) >= 11 is 0. The first kappa shape index (κ1) is 23.0. The van der Waals surface area contributed by atoms with Crippen LogP contribution in [0.25, 0.3) is 17.1 Å². The summed E-state index contributed by atoms with van der Waals surface area (Å²) in [5.74, 6) is 0.567. The summed E-state index contributed by atoms with van der Waals surface area (Å²) < 4.78 is 27.1. The first-order chi connectivity index (χ1) is 16.6. The Bertz CT molecular complexity index is 1270. The Labute approximate surface area is 197 Å². The third-order valence-electron chi connectivity index (χ3n) is 5.18. The third kappa shape index (κ3) is 5.40. The van der Waals surface area contributed by atoms with E-state index in [4.69, 9.17) is 9.47 Å². The molecule has 0 bridgehead atoms. The van der Waals surface area contributed by atoms with Crippen LogP contribution in [-0.4, -0.2) is 34.4 Å². The number of benzene rings is 3. The number of nitrogens with zero attached hydrogens (tertiary/aromatic N) is 3. The van der Waals surface area contributed by atoms with Crippen LogP contribution in [0, 0.1) is 5.82 Å². The second-order valence-electron chi connectivity index (χ2n) is 7.51. The van der Waals surface area contributed by atoms with E-state index in [2.05, 4.69) is 15.4 Å². The number of halogens is 1. The predicted molar refractivity (Wildman–Crippen MR) is 128 cm³/mol. The van der Waals surface area contributed by atoms with Crippen molar-refractivity contribution in [1.29, 1.82) is 0 Å². The van der Waals surface area contributed by atoms with Crippen LogP contribution in [0.1, 0.15) is 18.9 Å². The zero-order valence-electron chi connectivity index (χ0n) is 19.0. The van der Waals surface area contributed by atoms with Crippen LogP contribution in [0.15, 0.2) is 72.8 Å². The van der Waals surface area contributed by atoms with Gasteiger partial charge >= 0.3 is 6.01 Å². The van der Waals surface area contributed by atoms with E-state index in [0.29, 0.717) is 42.2 Å². The molecule has 1 N–H and O–H groups in total. The Kier molecular flexibility index (Phi) is 7.17. The number of anilines is 1. The van der Waals surface area contributed by atoms with Gasteiger partial charge in [-0.1, -0.05) is 37.3 Å². The number of amides is 1. The maximum Gasteiger partial charge on any atom is 0.336 e. The topological polar surface area (TPSA) is 78.3 Å². The Hall–Kier alpha value is -4.20. The van der Waals surface area contributed by atoms with Gasteiger partial charge < -0.3 is 14.8 Å². The van der Waals surface area contributed by atoms with Gasteiger partial charge in [-0.25, -0.2) is 9.07 Å². The summed E-state index contributed by atoms with van der Waals surface area (Å²) in [5.41, 5.74) is 2.60. The smallest absolute Gasteiger partial charge is 0.336 e. The van der Waals surface area contributed by atoms with Crippen LogP contribution in [0.5, 0.6) is 11.8 Å². The number of carbonyl (C=O) groups is 1. The Morgan fingerprint density at radius 2 is 1.85 bits per heavy atom. The van der Waals surface area contributed by atoms with Crippen molar-refractivity contribution in [2.75, 3.05) is 19.0 Å². The van der Waals surface area contributed by atoms with E-state index in [1.54, 1.807) is 50.4 Å². The van der Waals surface area contributed by atoms with Crippen LogP contribution < -0.4 is 14.8 Å². The van der Waals surface area contributed by atoms with E-state index in [1.807, 2.05) is 30.3 Å². The van der Waals surface area contributed by atoms with E-state index < -0.39 is 5.82 Å². The molecule has 8 heteroatoms. The molecular weight excluding hydrogens is 435 g/mol. The molecule has 34 heavy (non-hydrogen) atoms. The molecule has 1 amide bonds. The van der Waals surface area contributed by atoms with Crippen molar-refractivity contribution in [2.45, 2.75) is 19.8 Å². The minimum Gasteiger partial charge on any atom is -0.497 e. The number of hydrogen-bond donors (Lipinski definition) is 1. The average Bonchev–Trinajstić information content (AvgIpc) is 3.29. The fraction of sp³-hybridized carbons (Fsp3) is 0.192. The summed E-state index contributed by atoms with van der Waals surface area (Å²) in [5, 5.41) is 7.31. The van der Waals surface area contributed by atoms with Gasteiger partial charge in [-0.3, -0.25) is 4.79 Å². The van der Waals surface area contributed by atoms with E-state index >= 15 is 0 Å². The molecule has 3 aromatic carbocycles. The number of nitrogens with one attached hydrogen (secondary N) is 1. The van der Waals surface area contributed by atoms with Crippen molar-refractivity contribution < 1.29 is 18.7 Å². The lowest BCUT2D eigenvalue weighted by Crippen LogP contribution is -2.10. The lowest BCUT2D eigenvalue weighted by atomic mass is 10.1. The number of aromatic nitrogens is 3. The zero-order valence-corrected chi connectivity index (χ0v) is 19.0. The number of methoxy groups -OCH3 is 1. The first-order valence-electron chi connectivity index (χ1n) is 11.0. The minimum atomic E-state index is -0.420. The van der Waals surface area contributed by atoms with Crippen molar-refractivity contribution in [2.24, 2.45) is 0 Å². The second-order valence-corrected chi connectivity index (χ2v) is 7.51. The highest BCUT2D eigenvalue weighted by Crippen LogP contribution is 2.27. The van der Waals surface area contributed by atoms with Crippen molar-refractivity contribution in [3.63, 3.8) is 0 Å². The van der Waals surface area contributed by atoms with Crippen molar-refractivity contribution in [1.82, 2.24) is 14.8 Å². The Balaban J connectivity index is 1.61. The van der Waals surface area contributed by atoms with Crippen LogP contribution in [0.3, 0.4) is 0 Å². The van der Waals surface area contributed by atoms with E-state index in [9.17, 15) is 9.18 Å². The number of ether oxygens (including phenoxy) is 2. The number of hydrogen-bond acceptors (Lipinski definition) is 5. The molecule has 0 fully saturated rings. The second kappa shape index (κ2) is 10.6. The van der Waals surface area contributed by atoms with Gasteiger partial charge in [0.15, 0.2) is 5.82 Å². The standard InChI is InChI=1S/C26H25FN4O3/c1-3-24(32)28-19-7-6-8-20(17-19)31-25(22-9-4-5-10-23(22)27)29-26(30-31)34-16-15-18-11-13-21(33-2)14-12-18/h4-14,17H,3,15-16H2,1-2H3,(H,28,32). The monoisotopic (exact) mass is 460 g/mol. The van der Waals surface area contributed by atoms with Crippen LogP contribution in [0.4, 0.5) is 10.1 Å². The third-order valence-corrected chi connectivity index (χ3v) is 5.18. The highest BCUT2D eigenvalue weighted by atomic mass is 19.1. The first-order valence-corrected chi connectivity index (χ1v) is 11.0. The van der Waals surface area contributed by atoms with Crippen molar-refractivity contribution >= 4 is 11.6 Å². The zero-order chi connectivity index (χ0) is 23.9. The van der Waals surface area contributed by atoms with E-state index in [1.165, 1.54) is 10.7 Å². The van der Waals surface area contributed by atoms with Crippen LogP contribution in [-0.2, 0) is 11.2 Å². The maximum absolute atomic E-state index is 14.6. The number of carbonyl (C=O) groups excluding carboxylic acids is 1. The lowest BCUT2D eigenvalue weighted by Gasteiger charge is -2.09. The molecular formula is C26H25FN4O3. The quantitative estimate of drug-likeness (QED) is 0.378. The molecule has 0 saturated heterocycles. The molecule has 0 atom stereocenters. The molecule has 1 heterocycles. The molecule has 0 unspecified atom stereocenters. The van der Waals surface area contributed by atoms with E-state index in [0.717, 1.165) is 11.3 Å². The van der Waals surface area contributed by atoms with Gasteiger partial charge in [0.1, 0.15) is 11.6 Å². The van der Waals surface area contributed by atoms with Gasteiger partial charge in [-0.05, 0) is 48.0 Å². The van der Waals surface area contributed by atoms with Gasteiger partial charge in [0.25, 0.3) is 0 Å². The van der Waals surface area contributed by atoms with Crippen molar-refractivity contribution in [3.8, 4) is 28.8 Å². The van der Waals surface area contributed by atoms with Crippen LogP contribution >= 0.6 is 0 Å². The van der Waals surface area contributed by atoms with Gasteiger partial charge in [0.05, 0.1) is 25.0 Å². The average molecular weight is 461 g/mol. The Morgan fingerprint density at radius 3 is 2.59 bits per heavy atom. The Morgan fingerprint density at radius 1 is 1.06 bits per heavy atom. The molecule has 0 aliphatic carbocycles. The number of rotatable bonds is 9. The molecule has 0 spiro atoms. The molecule has 0 radical (unpaired) electrons. The van der Waals surface area contributed by atoms with Crippen LogP contribution in [0.2, 0.25) is 0 Å². The fourth-order valence-electron chi connectivity index (χ4n) is 3.37. The highest BCUT2D eigenvalue weighted by Gasteiger charge is 2.18.